The lowest BCUT2D eigenvalue weighted by Crippen LogP contribution is -2.10. The molecule has 1 aromatic carbocycles. The molecule has 1 heterocycles. The lowest BCUT2D eigenvalue weighted by Gasteiger charge is -2.12. The number of aromatic nitrogens is 3. The number of benzene rings is 1. The van der Waals surface area contributed by atoms with Gasteiger partial charge in [-0.2, -0.15) is 0 Å². The molecule has 2 aromatic rings. The van der Waals surface area contributed by atoms with Crippen molar-refractivity contribution in [1.82, 2.24) is 14.8 Å². The van der Waals surface area contributed by atoms with E-state index in [-0.39, 0.29) is 17.3 Å². The van der Waals surface area contributed by atoms with E-state index in [0.717, 1.165) is 0 Å². The second kappa shape index (κ2) is 5.95. The fourth-order valence-electron chi connectivity index (χ4n) is 1.93. The summed E-state index contributed by atoms with van der Waals surface area (Å²) in [6.45, 7) is 4.46. The van der Waals surface area contributed by atoms with Gasteiger partial charge in [-0.15, -0.1) is 10.2 Å². The first kappa shape index (κ1) is 15.0. The Labute approximate surface area is 123 Å². The van der Waals surface area contributed by atoms with Gasteiger partial charge in [0.2, 0.25) is 0 Å². The Kier molecular flexibility index (Phi) is 4.47. The van der Waals surface area contributed by atoms with E-state index in [2.05, 4.69) is 26.1 Å². The van der Waals surface area contributed by atoms with Crippen molar-refractivity contribution in [3.8, 4) is 11.4 Å². The summed E-state index contributed by atoms with van der Waals surface area (Å²) in [6.07, 6.45) is 0. The van der Waals surface area contributed by atoms with Crippen LogP contribution in [0.1, 0.15) is 19.7 Å². The van der Waals surface area contributed by atoms with Gasteiger partial charge in [0.1, 0.15) is 23.3 Å². The van der Waals surface area contributed by atoms with Crippen molar-refractivity contribution in [1.29, 1.82) is 0 Å². The molecule has 0 aliphatic carbocycles. The van der Waals surface area contributed by atoms with Gasteiger partial charge >= 0.3 is 0 Å². The molecule has 0 aliphatic rings. The molecule has 0 amide bonds. The number of hydrogen-bond donors (Lipinski definition) is 0. The number of alkyl halides is 1. The van der Waals surface area contributed by atoms with Crippen LogP contribution in [0.4, 0.5) is 13.2 Å². The van der Waals surface area contributed by atoms with Crippen LogP contribution in [0.15, 0.2) is 12.1 Å². The van der Waals surface area contributed by atoms with E-state index in [1.165, 1.54) is 0 Å². The summed E-state index contributed by atoms with van der Waals surface area (Å²) in [5.74, 6) is -2.05. The van der Waals surface area contributed by atoms with Crippen molar-refractivity contribution in [2.45, 2.75) is 25.7 Å². The third-order valence-corrected chi connectivity index (χ3v) is 3.23. The van der Waals surface area contributed by atoms with Crippen LogP contribution in [-0.4, -0.2) is 14.8 Å². The summed E-state index contributed by atoms with van der Waals surface area (Å²) >= 11 is 3.26. The number of nitrogens with zero attached hydrogens (tertiary/aromatic N) is 3. The first-order valence-corrected chi connectivity index (χ1v) is 7.19. The predicted octanol–water partition coefficient (Wildman–Crippen LogP) is 3.91. The molecule has 3 nitrogen and oxygen atoms in total. The topological polar surface area (TPSA) is 30.7 Å². The monoisotopic (exact) mass is 347 g/mol. The van der Waals surface area contributed by atoms with Crippen LogP contribution in [0, 0.1) is 23.4 Å². The molecule has 20 heavy (non-hydrogen) atoms. The van der Waals surface area contributed by atoms with E-state index >= 15 is 0 Å². The van der Waals surface area contributed by atoms with Crippen molar-refractivity contribution in [3.05, 3.63) is 35.4 Å². The van der Waals surface area contributed by atoms with Crippen molar-refractivity contribution in [2.24, 2.45) is 5.92 Å². The summed E-state index contributed by atoms with van der Waals surface area (Å²) in [5.41, 5.74) is -0.355. The highest BCUT2D eigenvalue weighted by molar-refractivity contribution is 9.08. The zero-order chi connectivity index (χ0) is 14.9. The van der Waals surface area contributed by atoms with Crippen LogP contribution < -0.4 is 0 Å². The molecule has 2 rings (SSSR count). The minimum atomic E-state index is -0.985. The molecule has 0 saturated carbocycles. The van der Waals surface area contributed by atoms with Gasteiger partial charge < -0.3 is 4.57 Å². The number of hydrogen-bond acceptors (Lipinski definition) is 2. The lowest BCUT2D eigenvalue weighted by atomic mass is 10.1. The van der Waals surface area contributed by atoms with Gasteiger partial charge in [0.15, 0.2) is 5.82 Å². The molecule has 0 aliphatic heterocycles. The van der Waals surface area contributed by atoms with Crippen LogP contribution >= 0.6 is 15.9 Å². The minimum Gasteiger partial charge on any atom is -0.310 e. The Morgan fingerprint density at radius 3 is 2.25 bits per heavy atom. The van der Waals surface area contributed by atoms with E-state index in [1.807, 2.05) is 13.8 Å². The summed E-state index contributed by atoms with van der Waals surface area (Å²) in [6, 6.07) is 1.28. The van der Waals surface area contributed by atoms with E-state index < -0.39 is 17.5 Å². The fraction of sp³-hybridized carbons (Fsp3) is 0.385. The van der Waals surface area contributed by atoms with Crippen molar-refractivity contribution < 1.29 is 13.2 Å². The van der Waals surface area contributed by atoms with Gasteiger partial charge in [-0.1, -0.05) is 29.8 Å². The summed E-state index contributed by atoms with van der Waals surface area (Å²) in [4.78, 5) is 0. The summed E-state index contributed by atoms with van der Waals surface area (Å²) in [5, 5.41) is 8.16. The number of rotatable bonds is 4. The normalized spacial score (nSPS) is 11.3. The molecule has 0 atom stereocenters. The van der Waals surface area contributed by atoms with E-state index in [4.69, 9.17) is 0 Å². The van der Waals surface area contributed by atoms with Crippen molar-refractivity contribution in [3.63, 3.8) is 0 Å². The zero-order valence-electron chi connectivity index (χ0n) is 11.0. The Hall–Kier alpha value is -1.37. The summed E-state index contributed by atoms with van der Waals surface area (Å²) < 4.78 is 42.3. The molecule has 0 spiro atoms. The first-order valence-electron chi connectivity index (χ1n) is 6.07. The first-order chi connectivity index (χ1) is 9.43. The number of halogens is 4. The van der Waals surface area contributed by atoms with Crippen LogP contribution in [0.5, 0.6) is 0 Å². The maximum absolute atomic E-state index is 13.9. The van der Waals surface area contributed by atoms with Gasteiger partial charge in [0.25, 0.3) is 0 Å². The molecule has 0 bridgehead atoms. The molecule has 1 aromatic heterocycles. The second-order valence-corrected chi connectivity index (χ2v) is 5.38. The molecular formula is C13H13BrF3N3. The van der Waals surface area contributed by atoms with Crippen LogP contribution in [-0.2, 0) is 11.9 Å². The smallest absolute Gasteiger partial charge is 0.169 e. The van der Waals surface area contributed by atoms with Crippen LogP contribution in [0.3, 0.4) is 0 Å². The van der Waals surface area contributed by atoms with Crippen molar-refractivity contribution in [2.75, 3.05) is 0 Å². The largest absolute Gasteiger partial charge is 0.310 e. The predicted molar refractivity (Wildman–Crippen MR) is 72.8 cm³/mol. The SMILES string of the molecule is CC(C)Cn1c(CBr)nnc1-c1c(F)cc(F)cc1F. The average molecular weight is 348 g/mol. The summed E-state index contributed by atoms with van der Waals surface area (Å²) in [7, 11) is 0. The third kappa shape index (κ3) is 2.87. The Morgan fingerprint density at radius 2 is 1.75 bits per heavy atom. The highest BCUT2D eigenvalue weighted by atomic mass is 79.9. The molecule has 0 N–H and O–H groups in total. The molecule has 108 valence electrons. The molecule has 0 saturated heterocycles. The van der Waals surface area contributed by atoms with Gasteiger partial charge in [0, 0.05) is 18.7 Å². The molecule has 7 heteroatoms. The zero-order valence-corrected chi connectivity index (χ0v) is 12.6. The quantitative estimate of drug-likeness (QED) is 0.785. The maximum atomic E-state index is 13.9. The lowest BCUT2D eigenvalue weighted by molar-refractivity contribution is 0.509. The minimum absolute atomic E-state index is 0.0724. The average Bonchev–Trinajstić information content (AvgIpc) is 2.70. The van der Waals surface area contributed by atoms with Crippen LogP contribution in [0.25, 0.3) is 11.4 Å². The maximum Gasteiger partial charge on any atom is 0.169 e. The van der Waals surface area contributed by atoms with Gasteiger partial charge in [-0.25, -0.2) is 13.2 Å². The third-order valence-electron chi connectivity index (χ3n) is 2.73. The van der Waals surface area contributed by atoms with Gasteiger partial charge in [0.05, 0.1) is 10.9 Å². The van der Waals surface area contributed by atoms with Gasteiger partial charge in [-0.05, 0) is 5.92 Å². The molecular weight excluding hydrogens is 335 g/mol. The van der Waals surface area contributed by atoms with E-state index in [0.29, 0.717) is 29.8 Å². The standard InChI is InChI=1S/C13H13BrF3N3/c1-7(2)6-20-11(5-14)18-19-13(20)12-9(16)3-8(15)4-10(12)17/h3-4,7H,5-6H2,1-2H3. The fourth-order valence-corrected chi connectivity index (χ4v) is 2.35. The Bertz CT molecular complexity index is 602. The Morgan fingerprint density at radius 1 is 1.15 bits per heavy atom. The van der Waals surface area contributed by atoms with Crippen LogP contribution in [0.2, 0.25) is 0 Å². The molecule has 0 fully saturated rings. The van der Waals surface area contributed by atoms with E-state index in [1.54, 1.807) is 4.57 Å². The Balaban J connectivity index is 2.61. The van der Waals surface area contributed by atoms with Gasteiger partial charge in [-0.3, -0.25) is 0 Å². The molecule has 0 radical (unpaired) electrons. The van der Waals surface area contributed by atoms with Crippen molar-refractivity contribution >= 4 is 15.9 Å². The highest BCUT2D eigenvalue weighted by Crippen LogP contribution is 2.27. The highest BCUT2D eigenvalue weighted by Gasteiger charge is 2.21. The van der Waals surface area contributed by atoms with E-state index in [9.17, 15) is 13.2 Å². The molecule has 0 unspecified atom stereocenters. The second-order valence-electron chi connectivity index (χ2n) is 4.82.